The van der Waals surface area contributed by atoms with Crippen LogP contribution in [0.25, 0.3) is 10.4 Å². The Hall–Kier alpha value is -1.55. The number of Topliss-reactive ketones (excluding diaryl/α,β-unsaturated/α-hetero) is 1. The number of carbonyl (C=O) groups is 2. The van der Waals surface area contributed by atoms with Crippen LogP contribution >= 0.6 is 0 Å². The van der Waals surface area contributed by atoms with Crippen molar-refractivity contribution in [2.24, 2.45) is 5.11 Å². The van der Waals surface area contributed by atoms with Gasteiger partial charge in [0.2, 0.25) is 0 Å². The quantitative estimate of drug-likeness (QED) is 0.156. The lowest BCUT2D eigenvalue weighted by Crippen LogP contribution is -2.11. The van der Waals surface area contributed by atoms with Crippen LogP contribution in [0.15, 0.2) is 5.11 Å². The highest BCUT2D eigenvalue weighted by atomic mass is 16.5. The zero-order valence-electron chi connectivity index (χ0n) is 8.10. The van der Waals surface area contributed by atoms with Crippen molar-refractivity contribution in [3.63, 3.8) is 0 Å². The number of rotatable bonds is 7. The summed E-state index contributed by atoms with van der Waals surface area (Å²) < 4.78 is 4.60. The van der Waals surface area contributed by atoms with Gasteiger partial charge in [-0.05, 0) is 18.9 Å². The largest absolute Gasteiger partial charge is 0.466 e. The number of ketones is 1. The molecule has 0 heterocycles. The fourth-order valence-electron chi connectivity index (χ4n) is 0.853. The first-order valence-electron chi connectivity index (χ1n) is 4.39. The lowest BCUT2D eigenvalue weighted by molar-refractivity contribution is -0.145. The Morgan fingerprint density at radius 1 is 1.50 bits per heavy atom. The fourth-order valence-corrected chi connectivity index (χ4v) is 0.853. The standard InChI is InChI=1S/C8H13N3O3/c1-2-14-8(13)6-7(12)4-3-5-10-11-9/h2-6H2,1H3. The molecule has 0 aliphatic rings. The molecule has 0 bridgehead atoms. The number of hydrogen-bond acceptors (Lipinski definition) is 4. The highest BCUT2D eigenvalue weighted by Crippen LogP contribution is 1.97. The van der Waals surface area contributed by atoms with E-state index in [1.54, 1.807) is 6.92 Å². The number of nitrogens with zero attached hydrogens (tertiary/aromatic N) is 3. The second kappa shape index (κ2) is 8.07. The van der Waals surface area contributed by atoms with Crippen LogP contribution < -0.4 is 0 Å². The van der Waals surface area contributed by atoms with Crippen molar-refractivity contribution in [3.8, 4) is 0 Å². The van der Waals surface area contributed by atoms with Crippen LogP contribution in [0.4, 0.5) is 0 Å². The molecule has 0 fully saturated rings. The first-order valence-corrected chi connectivity index (χ1v) is 4.39. The Bertz CT molecular complexity index is 246. The molecule has 6 nitrogen and oxygen atoms in total. The fraction of sp³-hybridized carbons (Fsp3) is 0.750. The van der Waals surface area contributed by atoms with Gasteiger partial charge >= 0.3 is 5.97 Å². The summed E-state index contributed by atoms with van der Waals surface area (Å²) in [6.07, 6.45) is 0.532. The number of hydrogen-bond donors (Lipinski definition) is 0. The maximum Gasteiger partial charge on any atom is 0.313 e. The van der Waals surface area contributed by atoms with E-state index >= 15 is 0 Å². The highest BCUT2D eigenvalue weighted by molar-refractivity contribution is 5.95. The van der Waals surface area contributed by atoms with Gasteiger partial charge in [-0.2, -0.15) is 0 Å². The third kappa shape index (κ3) is 7.12. The predicted octanol–water partition coefficient (Wildman–Crippen LogP) is 1.60. The summed E-state index contributed by atoms with van der Waals surface area (Å²) in [5, 5.41) is 3.27. The van der Waals surface area contributed by atoms with Gasteiger partial charge in [-0.3, -0.25) is 9.59 Å². The second-order valence-electron chi connectivity index (χ2n) is 2.58. The number of carbonyl (C=O) groups excluding carboxylic acids is 2. The molecule has 0 radical (unpaired) electrons. The van der Waals surface area contributed by atoms with Gasteiger partial charge in [0.15, 0.2) is 0 Å². The molecule has 0 rings (SSSR count). The van der Waals surface area contributed by atoms with Gasteiger partial charge in [-0.15, -0.1) is 0 Å². The molecule has 6 heteroatoms. The number of azide groups is 1. The molecule has 0 spiro atoms. The van der Waals surface area contributed by atoms with Gasteiger partial charge in [0.25, 0.3) is 0 Å². The second-order valence-corrected chi connectivity index (χ2v) is 2.58. The van der Waals surface area contributed by atoms with Gasteiger partial charge in [0.1, 0.15) is 12.2 Å². The SMILES string of the molecule is CCOC(=O)CC(=O)CCCN=[N+]=[N-]. The van der Waals surface area contributed by atoms with Crippen LogP contribution in [0.5, 0.6) is 0 Å². The van der Waals surface area contributed by atoms with Gasteiger partial charge in [0, 0.05) is 17.9 Å². The molecule has 78 valence electrons. The lowest BCUT2D eigenvalue weighted by atomic mass is 10.2. The molecule has 0 unspecified atom stereocenters. The van der Waals surface area contributed by atoms with E-state index in [0.717, 1.165) is 0 Å². The summed E-state index contributed by atoms with van der Waals surface area (Å²) in [6.45, 7) is 2.25. The minimum absolute atomic E-state index is 0.184. The van der Waals surface area contributed by atoms with E-state index in [9.17, 15) is 9.59 Å². The van der Waals surface area contributed by atoms with Crippen LogP contribution in [-0.4, -0.2) is 24.9 Å². The Morgan fingerprint density at radius 3 is 2.79 bits per heavy atom. The average Bonchev–Trinajstić information content (AvgIpc) is 2.13. The van der Waals surface area contributed by atoms with Crippen LogP contribution in [0.2, 0.25) is 0 Å². The molecular formula is C8H13N3O3. The predicted molar refractivity (Wildman–Crippen MR) is 49.5 cm³/mol. The van der Waals surface area contributed by atoms with E-state index in [1.165, 1.54) is 0 Å². The molecule has 0 aromatic carbocycles. The molecule has 0 amide bonds. The van der Waals surface area contributed by atoms with Crippen molar-refractivity contribution in [1.29, 1.82) is 0 Å². The summed E-state index contributed by atoms with van der Waals surface area (Å²) in [7, 11) is 0. The van der Waals surface area contributed by atoms with Crippen LogP contribution in [-0.2, 0) is 14.3 Å². The van der Waals surface area contributed by atoms with Crippen molar-refractivity contribution >= 4 is 11.8 Å². The van der Waals surface area contributed by atoms with E-state index in [2.05, 4.69) is 14.8 Å². The third-order valence-electron chi connectivity index (χ3n) is 1.42. The van der Waals surface area contributed by atoms with E-state index in [-0.39, 0.29) is 31.8 Å². The maximum absolute atomic E-state index is 11.1. The zero-order valence-corrected chi connectivity index (χ0v) is 8.10. The van der Waals surface area contributed by atoms with E-state index < -0.39 is 5.97 Å². The number of ether oxygens (including phenoxy) is 1. The van der Waals surface area contributed by atoms with Crippen molar-refractivity contribution in [2.45, 2.75) is 26.2 Å². The Balaban J connectivity index is 3.54. The highest BCUT2D eigenvalue weighted by Gasteiger charge is 2.08. The first-order chi connectivity index (χ1) is 6.70. The molecule has 0 N–H and O–H groups in total. The Labute approximate surface area is 81.9 Å². The van der Waals surface area contributed by atoms with Crippen LogP contribution in [0.3, 0.4) is 0 Å². The summed E-state index contributed by atoms with van der Waals surface area (Å²) in [5.41, 5.74) is 7.95. The third-order valence-corrected chi connectivity index (χ3v) is 1.42. The van der Waals surface area contributed by atoms with E-state index in [1.807, 2.05) is 0 Å². The minimum Gasteiger partial charge on any atom is -0.466 e. The molecule has 0 aromatic heterocycles. The molecule has 0 saturated carbocycles. The van der Waals surface area contributed by atoms with Crippen LogP contribution in [0.1, 0.15) is 26.2 Å². The lowest BCUT2D eigenvalue weighted by Gasteiger charge is -1.99. The molecule has 0 aliphatic heterocycles. The maximum atomic E-state index is 11.1. The van der Waals surface area contributed by atoms with Gasteiger partial charge in [-0.25, -0.2) is 0 Å². The smallest absolute Gasteiger partial charge is 0.313 e. The zero-order chi connectivity index (χ0) is 10.8. The van der Waals surface area contributed by atoms with E-state index in [4.69, 9.17) is 5.53 Å². The molecule has 0 aliphatic carbocycles. The number of esters is 1. The topological polar surface area (TPSA) is 92.1 Å². The Kier molecular flexibility index (Phi) is 7.17. The van der Waals surface area contributed by atoms with Gasteiger partial charge in [0.05, 0.1) is 6.61 Å². The molecular weight excluding hydrogens is 186 g/mol. The van der Waals surface area contributed by atoms with Gasteiger partial charge in [-0.1, -0.05) is 5.11 Å². The summed E-state index contributed by atoms with van der Waals surface area (Å²) in [5.74, 6) is -0.683. The summed E-state index contributed by atoms with van der Waals surface area (Å²) in [4.78, 5) is 24.4. The molecule has 0 atom stereocenters. The monoisotopic (exact) mass is 199 g/mol. The molecule has 0 saturated heterocycles. The Morgan fingerprint density at radius 2 is 2.21 bits per heavy atom. The average molecular weight is 199 g/mol. The summed E-state index contributed by atoms with van der Waals surface area (Å²) in [6, 6.07) is 0. The normalized spacial score (nSPS) is 8.93. The van der Waals surface area contributed by atoms with Crippen molar-refractivity contribution < 1.29 is 14.3 Å². The molecule has 14 heavy (non-hydrogen) atoms. The van der Waals surface area contributed by atoms with Crippen molar-refractivity contribution in [3.05, 3.63) is 10.4 Å². The summed E-state index contributed by atoms with van der Waals surface area (Å²) >= 11 is 0. The molecule has 0 aromatic rings. The van der Waals surface area contributed by atoms with E-state index in [0.29, 0.717) is 6.42 Å². The van der Waals surface area contributed by atoms with Crippen molar-refractivity contribution in [2.75, 3.05) is 13.2 Å². The van der Waals surface area contributed by atoms with Crippen LogP contribution in [0, 0.1) is 0 Å². The van der Waals surface area contributed by atoms with Gasteiger partial charge < -0.3 is 4.74 Å². The first kappa shape index (κ1) is 12.4. The minimum atomic E-state index is -0.499. The van der Waals surface area contributed by atoms with Crippen molar-refractivity contribution in [1.82, 2.24) is 0 Å².